The number of hydrogen-bond acceptors (Lipinski definition) is 1. The van der Waals surface area contributed by atoms with Crippen LogP contribution in [0.3, 0.4) is 0 Å². The van der Waals surface area contributed by atoms with Gasteiger partial charge in [0, 0.05) is 11.1 Å². The van der Waals surface area contributed by atoms with Crippen LogP contribution in [-0.4, -0.2) is 9.97 Å². The number of aryl methyl sites for hydroxylation is 2. The van der Waals surface area contributed by atoms with E-state index in [1.165, 1.54) is 11.4 Å². The van der Waals surface area contributed by atoms with Crippen molar-refractivity contribution in [3.05, 3.63) is 17.2 Å². The van der Waals surface area contributed by atoms with Gasteiger partial charge in [0.2, 0.25) is 0 Å². The van der Waals surface area contributed by atoms with E-state index in [4.69, 9.17) is 0 Å². The molecule has 14 heavy (non-hydrogen) atoms. The second kappa shape index (κ2) is 4.16. The van der Waals surface area contributed by atoms with Gasteiger partial charge in [-0.3, -0.25) is 0 Å². The Bertz CT molecular complexity index is 297. The minimum absolute atomic E-state index is 0.177. The molecule has 0 unspecified atom stereocenters. The Hall–Kier alpha value is -0.790. The van der Waals surface area contributed by atoms with E-state index < -0.39 is 0 Å². The summed E-state index contributed by atoms with van der Waals surface area (Å²) in [4.78, 5) is 8.10. The summed E-state index contributed by atoms with van der Waals surface area (Å²) in [7, 11) is 0. The number of imidazole rings is 1. The third-order valence-corrected chi connectivity index (χ3v) is 3.00. The number of H-pyrrole nitrogens is 1. The van der Waals surface area contributed by atoms with Crippen molar-refractivity contribution in [2.24, 2.45) is 0 Å². The van der Waals surface area contributed by atoms with Crippen LogP contribution in [0.2, 0.25) is 0 Å². The van der Waals surface area contributed by atoms with Gasteiger partial charge >= 0.3 is 0 Å². The molecule has 0 atom stereocenters. The van der Waals surface area contributed by atoms with Crippen molar-refractivity contribution in [3.8, 4) is 0 Å². The molecule has 0 amide bonds. The maximum absolute atomic E-state index is 4.69. The van der Waals surface area contributed by atoms with Crippen LogP contribution >= 0.6 is 0 Å². The van der Waals surface area contributed by atoms with Gasteiger partial charge in [-0.1, -0.05) is 34.1 Å². The first kappa shape index (κ1) is 11.3. The second-order valence-electron chi connectivity index (χ2n) is 4.64. The van der Waals surface area contributed by atoms with Crippen LogP contribution in [-0.2, 0) is 11.8 Å². The van der Waals surface area contributed by atoms with Crippen molar-refractivity contribution in [2.45, 2.75) is 59.3 Å². The average Bonchev–Trinajstić information content (AvgIpc) is 2.49. The molecule has 0 aliphatic carbocycles. The van der Waals surface area contributed by atoms with Gasteiger partial charge in [-0.25, -0.2) is 4.98 Å². The summed E-state index contributed by atoms with van der Waals surface area (Å²) in [6, 6.07) is 0. The van der Waals surface area contributed by atoms with Gasteiger partial charge < -0.3 is 4.98 Å². The summed E-state index contributed by atoms with van der Waals surface area (Å²) in [6.07, 6.45) is 3.37. The fourth-order valence-electron chi connectivity index (χ4n) is 1.46. The highest BCUT2D eigenvalue weighted by atomic mass is 14.9. The van der Waals surface area contributed by atoms with Gasteiger partial charge in [-0.2, -0.15) is 0 Å². The third-order valence-electron chi connectivity index (χ3n) is 3.00. The standard InChI is InChI=1S/C12H22N2/c1-6-8-10-9(3)13-11(14-10)12(4,5)7-2/h6-8H2,1-5H3,(H,13,14). The van der Waals surface area contributed by atoms with E-state index in [9.17, 15) is 0 Å². The van der Waals surface area contributed by atoms with Crippen LogP contribution in [0.5, 0.6) is 0 Å². The topological polar surface area (TPSA) is 28.7 Å². The fourth-order valence-corrected chi connectivity index (χ4v) is 1.46. The predicted molar refractivity (Wildman–Crippen MR) is 60.6 cm³/mol. The molecule has 1 aromatic rings. The lowest BCUT2D eigenvalue weighted by atomic mass is 9.89. The van der Waals surface area contributed by atoms with E-state index in [2.05, 4.69) is 44.6 Å². The van der Waals surface area contributed by atoms with Crippen LogP contribution in [0.15, 0.2) is 0 Å². The van der Waals surface area contributed by atoms with Crippen molar-refractivity contribution >= 4 is 0 Å². The normalized spacial score (nSPS) is 12.1. The lowest BCUT2D eigenvalue weighted by Gasteiger charge is -2.19. The highest BCUT2D eigenvalue weighted by Crippen LogP contribution is 2.25. The first-order valence-electron chi connectivity index (χ1n) is 5.57. The molecule has 80 valence electrons. The smallest absolute Gasteiger partial charge is 0.112 e. The van der Waals surface area contributed by atoms with E-state index >= 15 is 0 Å². The van der Waals surface area contributed by atoms with Crippen molar-refractivity contribution in [1.82, 2.24) is 9.97 Å². The lowest BCUT2D eigenvalue weighted by Crippen LogP contribution is -2.17. The Labute approximate surface area is 87.1 Å². The molecule has 1 rings (SSSR count). The maximum atomic E-state index is 4.69. The Morgan fingerprint density at radius 1 is 1.29 bits per heavy atom. The molecule has 0 bridgehead atoms. The van der Waals surface area contributed by atoms with Gasteiger partial charge in [0.1, 0.15) is 5.82 Å². The fraction of sp³-hybridized carbons (Fsp3) is 0.750. The van der Waals surface area contributed by atoms with E-state index in [1.807, 2.05) is 0 Å². The first-order chi connectivity index (χ1) is 6.51. The quantitative estimate of drug-likeness (QED) is 0.782. The van der Waals surface area contributed by atoms with E-state index in [-0.39, 0.29) is 5.41 Å². The number of nitrogens with zero attached hydrogens (tertiary/aromatic N) is 1. The van der Waals surface area contributed by atoms with Crippen LogP contribution in [0.25, 0.3) is 0 Å². The number of aromatic amines is 1. The molecule has 2 heteroatoms. The minimum Gasteiger partial charge on any atom is -0.345 e. The Balaban J connectivity index is 2.96. The monoisotopic (exact) mass is 194 g/mol. The molecular formula is C12H22N2. The minimum atomic E-state index is 0.177. The molecule has 2 nitrogen and oxygen atoms in total. The Morgan fingerprint density at radius 3 is 2.43 bits per heavy atom. The first-order valence-corrected chi connectivity index (χ1v) is 5.57. The molecule has 0 saturated carbocycles. The van der Waals surface area contributed by atoms with Crippen LogP contribution in [0.1, 0.15) is 57.7 Å². The molecule has 0 spiro atoms. The van der Waals surface area contributed by atoms with Crippen molar-refractivity contribution in [1.29, 1.82) is 0 Å². The molecule has 0 aliphatic heterocycles. The van der Waals surface area contributed by atoms with E-state index in [0.29, 0.717) is 0 Å². The van der Waals surface area contributed by atoms with Crippen LogP contribution in [0.4, 0.5) is 0 Å². The molecule has 0 aromatic carbocycles. The summed E-state index contributed by atoms with van der Waals surface area (Å²) in [5.74, 6) is 1.14. The van der Waals surface area contributed by atoms with Gasteiger partial charge in [0.05, 0.1) is 5.69 Å². The number of nitrogens with one attached hydrogen (secondary N) is 1. The summed E-state index contributed by atoms with van der Waals surface area (Å²) >= 11 is 0. The second-order valence-corrected chi connectivity index (χ2v) is 4.64. The number of aromatic nitrogens is 2. The number of rotatable bonds is 4. The van der Waals surface area contributed by atoms with Gasteiger partial charge in [0.25, 0.3) is 0 Å². The van der Waals surface area contributed by atoms with Gasteiger partial charge in [-0.15, -0.1) is 0 Å². The summed E-state index contributed by atoms with van der Waals surface area (Å²) in [5.41, 5.74) is 2.66. The zero-order valence-electron chi connectivity index (χ0n) is 10.1. The van der Waals surface area contributed by atoms with Crippen molar-refractivity contribution in [2.75, 3.05) is 0 Å². The molecule has 0 radical (unpaired) electrons. The molecule has 1 N–H and O–H groups in total. The summed E-state index contributed by atoms with van der Waals surface area (Å²) < 4.78 is 0. The van der Waals surface area contributed by atoms with Crippen molar-refractivity contribution in [3.63, 3.8) is 0 Å². The lowest BCUT2D eigenvalue weighted by molar-refractivity contribution is 0.476. The van der Waals surface area contributed by atoms with Crippen LogP contribution in [0, 0.1) is 6.92 Å². The molecule has 0 aliphatic rings. The zero-order chi connectivity index (χ0) is 10.8. The summed E-state index contributed by atoms with van der Waals surface area (Å²) in [6.45, 7) is 11.0. The van der Waals surface area contributed by atoms with Crippen molar-refractivity contribution < 1.29 is 0 Å². The van der Waals surface area contributed by atoms with Gasteiger partial charge in [-0.05, 0) is 19.8 Å². The SMILES string of the molecule is CCCc1nc(C(C)(C)CC)[nH]c1C. The average molecular weight is 194 g/mol. The maximum Gasteiger partial charge on any atom is 0.112 e. The molecule has 1 aromatic heterocycles. The Morgan fingerprint density at radius 2 is 1.93 bits per heavy atom. The molecular weight excluding hydrogens is 172 g/mol. The molecule has 1 heterocycles. The highest BCUT2D eigenvalue weighted by molar-refractivity contribution is 5.17. The Kier molecular flexibility index (Phi) is 3.35. The number of hydrogen-bond donors (Lipinski definition) is 1. The van der Waals surface area contributed by atoms with Gasteiger partial charge in [0.15, 0.2) is 0 Å². The summed E-state index contributed by atoms with van der Waals surface area (Å²) in [5, 5.41) is 0. The van der Waals surface area contributed by atoms with Crippen LogP contribution < -0.4 is 0 Å². The predicted octanol–water partition coefficient (Wildman–Crippen LogP) is 3.36. The molecule has 0 fully saturated rings. The highest BCUT2D eigenvalue weighted by Gasteiger charge is 2.22. The largest absolute Gasteiger partial charge is 0.345 e. The third kappa shape index (κ3) is 2.17. The van der Waals surface area contributed by atoms with E-state index in [1.54, 1.807) is 0 Å². The van der Waals surface area contributed by atoms with E-state index in [0.717, 1.165) is 25.1 Å². The zero-order valence-corrected chi connectivity index (χ0v) is 10.1. The molecule has 0 saturated heterocycles.